The predicted octanol–water partition coefficient (Wildman–Crippen LogP) is 1.18. The number of carbonyl (C=O) groups is 1. The van der Waals surface area contributed by atoms with Crippen molar-refractivity contribution in [3.63, 3.8) is 0 Å². The van der Waals surface area contributed by atoms with E-state index >= 15 is 0 Å². The maximum Gasteiger partial charge on any atom is 0.245 e. The molecule has 2 rings (SSSR count). The van der Waals surface area contributed by atoms with Gasteiger partial charge in [0, 0.05) is 25.3 Å². The monoisotopic (exact) mass is 263 g/mol. The molecule has 0 radical (unpaired) electrons. The fourth-order valence-electron chi connectivity index (χ4n) is 2.23. The number of hydrogen-bond acceptors (Lipinski definition) is 4. The van der Waals surface area contributed by atoms with E-state index in [4.69, 9.17) is 10.6 Å². The largest absolute Gasteiger partial charge is 0.372 e. The Balaban J connectivity index is 1.79. The summed E-state index contributed by atoms with van der Waals surface area (Å²) in [5.74, 6) is -0.479. The molecule has 5 heteroatoms. The van der Waals surface area contributed by atoms with Gasteiger partial charge in [0.05, 0.1) is 0 Å². The summed E-state index contributed by atoms with van der Waals surface area (Å²) >= 11 is 0. The van der Waals surface area contributed by atoms with Gasteiger partial charge in [-0.1, -0.05) is 12.1 Å². The summed E-state index contributed by atoms with van der Waals surface area (Å²) in [4.78, 5) is 17.8. The number of benzene rings is 1. The van der Waals surface area contributed by atoms with Gasteiger partial charge in [0.25, 0.3) is 0 Å². The van der Waals surface area contributed by atoms with Crippen LogP contribution in [0.3, 0.4) is 0 Å². The third kappa shape index (κ3) is 4.54. The molecule has 104 valence electrons. The SMILES string of the molecule is NC(=O)CONCc1ccc(N2CCCCC2)cc1. The van der Waals surface area contributed by atoms with Crippen molar-refractivity contribution in [2.75, 3.05) is 24.6 Å². The van der Waals surface area contributed by atoms with Gasteiger partial charge in [0.1, 0.15) is 6.61 Å². The number of nitrogens with two attached hydrogens (primary N) is 1. The number of anilines is 1. The summed E-state index contributed by atoms with van der Waals surface area (Å²) in [5, 5.41) is 0. The first-order chi connectivity index (χ1) is 9.25. The summed E-state index contributed by atoms with van der Waals surface area (Å²) in [7, 11) is 0. The molecule has 0 unspecified atom stereocenters. The van der Waals surface area contributed by atoms with Crippen LogP contribution >= 0.6 is 0 Å². The molecule has 1 aromatic carbocycles. The lowest BCUT2D eigenvalue weighted by atomic mass is 10.1. The molecule has 0 aromatic heterocycles. The van der Waals surface area contributed by atoms with Gasteiger partial charge in [-0.25, -0.2) is 0 Å². The Labute approximate surface area is 113 Å². The second-order valence-corrected chi connectivity index (χ2v) is 4.79. The van der Waals surface area contributed by atoms with Crippen molar-refractivity contribution in [2.45, 2.75) is 25.8 Å². The van der Waals surface area contributed by atoms with Gasteiger partial charge in [0.2, 0.25) is 5.91 Å². The van der Waals surface area contributed by atoms with Crippen LogP contribution in [0.1, 0.15) is 24.8 Å². The van der Waals surface area contributed by atoms with Crippen molar-refractivity contribution in [3.8, 4) is 0 Å². The lowest BCUT2D eigenvalue weighted by molar-refractivity contribution is -0.125. The fraction of sp³-hybridized carbons (Fsp3) is 0.500. The Hall–Kier alpha value is -1.59. The molecule has 0 saturated carbocycles. The highest BCUT2D eigenvalue weighted by Crippen LogP contribution is 2.20. The van der Waals surface area contributed by atoms with Crippen molar-refractivity contribution in [3.05, 3.63) is 29.8 Å². The molecule has 1 amide bonds. The molecule has 1 fully saturated rings. The molecule has 1 saturated heterocycles. The molecule has 0 aliphatic carbocycles. The number of piperidine rings is 1. The standard InChI is InChI=1S/C14H21N3O2/c15-14(18)11-19-16-10-12-4-6-13(7-5-12)17-8-2-1-3-9-17/h4-7,16H,1-3,8-11H2,(H2,15,18). The van der Waals surface area contributed by atoms with E-state index in [9.17, 15) is 4.79 Å². The van der Waals surface area contributed by atoms with E-state index < -0.39 is 5.91 Å². The van der Waals surface area contributed by atoms with Crippen molar-refractivity contribution < 1.29 is 9.63 Å². The summed E-state index contributed by atoms with van der Waals surface area (Å²) in [5.41, 5.74) is 10.1. The van der Waals surface area contributed by atoms with E-state index in [-0.39, 0.29) is 6.61 Å². The molecule has 1 aliphatic rings. The van der Waals surface area contributed by atoms with Crippen LogP contribution in [0.25, 0.3) is 0 Å². The number of amides is 1. The van der Waals surface area contributed by atoms with Gasteiger partial charge in [-0.05, 0) is 37.0 Å². The highest BCUT2D eigenvalue weighted by Gasteiger charge is 2.10. The zero-order valence-electron chi connectivity index (χ0n) is 11.1. The van der Waals surface area contributed by atoms with Crippen LogP contribution in [-0.4, -0.2) is 25.6 Å². The number of hydrogen-bond donors (Lipinski definition) is 2. The van der Waals surface area contributed by atoms with E-state index in [1.54, 1.807) is 0 Å². The van der Waals surface area contributed by atoms with Gasteiger partial charge < -0.3 is 10.6 Å². The third-order valence-corrected chi connectivity index (χ3v) is 3.25. The molecular weight excluding hydrogens is 242 g/mol. The van der Waals surface area contributed by atoms with Gasteiger partial charge in [0.15, 0.2) is 0 Å². The third-order valence-electron chi connectivity index (χ3n) is 3.25. The number of rotatable bonds is 6. The van der Waals surface area contributed by atoms with Gasteiger partial charge in [-0.2, -0.15) is 5.48 Å². The summed E-state index contributed by atoms with van der Waals surface area (Å²) in [6.07, 6.45) is 3.91. The van der Waals surface area contributed by atoms with Crippen LogP contribution in [0, 0.1) is 0 Å². The lowest BCUT2D eigenvalue weighted by Crippen LogP contribution is -2.29. The Morgan fingerprint density at radius 3 is 2.53 bits per heavy atom. The first-order valence-corrected chi connectivity index (χ1v) is 6.72. The van der Waals surface area contributed by atoms with Crippen LogP contribution in [0.5, 0.6) is 0 Å². The minimum atomic E-state index is -0.479. The summed E-state index contributed by atoms with van der Waals surface area (Å²) < 4.78 is 0. The lowest BCUT2D eigenvalue weighted by Gasteiger charge is -2.28. The molecule has 0 bridgehead atoms. The minimum Gasteiger partial charge on any atom is -0.372 e. The van der Waals surface area contributed by atoms with E-state index in [0.717, 1.165) is 18.7 Å². The first kappa shape index (κ1) is 13.8. The number of primary amides is 1. The number of nitrogens with zero attached hydrogens (tertiary/aromatic N) is 1. The second-order valence-electron chi connectivity index (χ2n) is 4.79. The van der Waals surface area contributed by atoms with Crippen LogP contribution in [-0.2, 0) is 16.2 Å². The number of hydroxylamine groups is 1. The average Bonchev–Trinajstić information content (AvgIpc) is 2.45. The van der Waals surface area contributed by atoms with E-state index in [1.165, 1.54) is 24.9 Å². The number of nitrogens with one attached hydrogen (secondary N) is 1. The molecule has 0 spiro atoms. The second kappa shape index (κ2) is 7.11. The highest BCUT2D eigenvalue weighted by atomic mass is 16.6. The van der Waals surface area contributed by atoms with Crippen molar-refractivity contribution in [1.82, 2.24) is 5.48 Å². The normalized spacial score (nSPS) is 15.5. The molecule has 5 nitrogen and oxygen atoms in total. The molecule has 1 heterocycles. The molecule has 0 atom stereocenters. The summed E-state index contributed by atoms with van der Waals surface area (Å²) in [6.45, 7) is 2.76. The Morgan fingerprint density at radius 1 is 1.21 bits per heavy atom. The predicted molar refractivity (Wildman–Crippen MR) is 74.5 cm³/mol. The summed E-state index contributed by atoms with van der Waals surface area (Å²) in [6, 6.07) is 8.42. The van der Waals surface area contributed by atoms with E-state index in [0.29, 0.717) is 6.54 Å². The van der Waals surface area contributed by atoms with Gasteiger partial charge in [-0.15, -0.1) is 0 Å². The average molecular weight is 263 g/mol. The first-order valence-electron chi connectivity index (χ1n) is 6.72. The van der Waals surface area contributed by atoms with Gasteiger partial charge in [-0.3, -0.25) is 9.63 Å². The zero-order chi connectivity index (χ0) is 13.5. The Bertz CT molecular complexity index is 400. The molecule has 19 heavy (non-hydrogen) atoms. The van der Waals surface area contributed by atoms with Crippen LogP contribution in [0.15, 0.2) is 24.3 Å². The van der Waals surface area contributed by atoms with Gasteiger partial charge >= 0.3 is 0 Å². The minimum absolute atomic E-state index is 0.105. The van der Waals surface area contributed by atoms with E-state index in [1.807, 2.05) is 0 Å². The molecule has 1 aromatic rings. The Morgan fingerprint density at radius 2 is 1.89 bits per heavy atom. The Kier molecular flexibility index (Phi) is 5.18. The van der Waals surface area contributed by atoms with Crippen molar-refractivity contribution in [1.29, 1.82) is 0 Å². The highest BCUT2D eigenvalue weighted by molar-refractivity contribution is 5.74. The molecule has 3 N–H and O–H groups in total. The van der Waals surface area contributed by atoms with Crippen LogP contribution in [0.4, 0.5) is 5.69 Å². The fourth-order valence-corrected chi connectivity index (χ4v) is 2.23. The zero-order valence-corrected chi connectivity index (χ0v) is 11.1. The maximum absolute atomic E-state index is 10.5. The quantitative estimate of drug-likeness (QED) is 0.597. The van der Waals surface area contributed by atoms with Crippen molar-refractivity contribution >= 4 is 11.6 Å². The van der Waals surface area contributed by atoms with Crippen molar-refractivity contribution in [2.24, 2.45) is 5.73 Å². The van der Waals surface area contributed by atoms with Crippen LogP contribution < -0.4 is 16.1 Å². The van der Waals surface area contributed by atoms with Crippen LogP contribution in [0.2, 0.25) is 0 Å². The maximum atomic E-state index is 10.5. The number of carbonyl (C=O) groups excluding carboxylic acids is 1. The molecular formula is C14H21N3O2. The molecule has 1 aliphatic heterocycles. The topological polar surface area (TPSA) is 67.6 Å². The smallest absolute Gasteiger partial charge is 0.245 e. The van der Waals surface area contributed by atoms with E-state index in [2.05, 4.69) is 34.6 Å².